The van der Waals surface area contributed by atoms with Crippen molar-refractivity contribution in [3.05, 3.63) is 48.7 Å². The smallest absolute Gasteiger partial charge is 0.291 e. The number of aromatic nitrogens is 3. The molecule has 0 spiro atoms. The Morgan fingerprint density at radius 2 is 1.97 bits per heavy atom. The van der Waals surface area contributed by atoms with Crippen LogP contribution in [0.3, 0.4) is 0 Å². The molecule has 1 aliphatic carbocycles. The van der Waals surface area contributed by atoms with Crippen molar-refractivity contribution in [2.24, 2.45) is 0 Å². The van der Waals surface area contributed by atoms with Gasteiger partial charge in [-0.15, -0.1) is 0 Å². The van der Waals surface area contributed by atoms with Gasteiger partial charge in [-0.2, -0.15) is 0 Å². The topological polar surface area (TPSA) is 91.0 Å². The van der Waals surface area contributed by atoms with E-state index in [9.17, 15) is 9.59 Å². The highest BCUT2D eigenvalue weighted by Crippen LogP contribution is 2.25. The van der Waals surface area contributed by atoms with E-state index in [1.807, 2.05) is 31.3 Å². The normalized spacial score (nSPS) is 18.7. The zero-order chi connectivity index (χ0) is 20.4. The fourth-order valence-electron chi connectivity index (χ4n) is 3.91. The predicted molar refractivity (Wildman–Crippen MR) is 111 cm³/mol. The molecule has 2 amide bonds. The lowest BCUT2D eigenvalue weighted by atomic mass is 10.1. The first-order valence-electron chi connectivity index (χ1n) is 10.0. The Morgan fingerprint density at radius 1 is 1.17 bits per heavy atom. The number of aromatic amines is 1. The maximum absolute atomic E-state index is 12.8. The summed E-state index contributed by atoms with van der Waals surface area (Å²) in [5.74, 6) is 0.0616. The van der Waals surface area contributed by atoms with Crippen molar-refractivity contribution in [1.82, 2.24) is 25.2 Å². The van der Waals surface area contributed by atoms with Gasteiger partial charge in [0.2, 0.25) is 11.7 Å². The molecule has 4 rings (SSSR count). The Morgan fingerprint density at radius 3 is 2.72 bits per heavy atom. The summed E-state index contributed by atoms with van der Waals surface area (Å²) in [7, 11) is 1.79. The molecule has 29 heavy (non-hydrogen) atoms. The number of carbonyl (C=O) groups excluding carboxylic acids is 2. The van der Waals surface area contributed by atoms with E-state index in [2.05, 4.69) is 26.3 Å². The summed E-state index contributed by atoms with van der Waals surface area (Å²) >= 11 is 0. The quantitative estimate of drug-likeness (QED) is 0.699. The van der Waals surface area contributed by atoms with Gasteiger partial charge in [-0.05, 0) is 48.4 Å². The monoisotopic (exact) mass is 391 g/mol. The molecule has 3 aromatic rings. The van der Waals surface area contributed by atoms with Crippen molar-refractivity contribution in [3.63, 3.8) is 0 Å². The molecule has 2 atom stereocenters. The van der Waals surface area contributed by atoms with Crippen molar-refractivity contribution in [2.75, 3.05) is 7.05 Å². The van der Waals surface area contributed by atoms with Crippen molar-refractivity contribution >= 4 is 22.7 Å². The first-order chi connectivity index (χ1) is 14.0. The van der Waals surface area contributed by atoms with Crippen LogP contribution in [0.15, 0.2) is 42.9 Å². The van der Waals surface area contributed by atoms with Crippen molar-refractivity contribution in [2.45, 2.75) is 44.7 Å². The number of rotatable bonds is 5. The summed E-state index contributed by atoms with van der Waals surface area (Å²) in [4.78, 5) is 37.9. The SMILES string of the molecule is CCC(=O)NC1CCC(N(C)C(=O)c2ncc(-c3ccc4[nH]ccc4c3)cn2)C1. The third-order valence-corrected chi connectivity index (χ3v) is 5.69. The Hall–Kier alpha value is -3.22. The second kappa shape index (κ2) is 8.03. The molecule has 0 bridgehead atoms. The lowest BCUT2D eigenvalue weighted by Gasteiger charge is -2.24. The third kappa shape index (κ3) is 3.99. The fourth-order valence-corrected chi connectivity index (χ4v) is 3.91. The van der Waals surface area contributed by atoms with Crippen LogP contribution in [-0.2, 0) is 4.79 Å². The maximum Gasteiger partial charge on any atom is 0.291 e. The molecule has 2 N–H and O–H groups in total. The summed E-state index contributed by atoms with van der Waals surface area (Å²) in [6.07, 6.45) is 8.29. The number of nitrogens with one attached hydrogen (secondary N) is 2. The molecule has 2 aromatic heterocycles. The van der Waals surface area contributed by atoms with Gasteiger partial charge in [-0.1, -0.05) is 13.0 Å². The summed E-state index contributed by atoms with van der Waals surface area (Å²) < 4.78 is 0. The maximum atomic E-state index is 12.8. The van der Waals surface area contributed by atoms with Crippen LogP contribution in [0.1, 0.15) is 43.2 Å². The van der Waals surface area contributed by atoms with E-state index in [1.54, 1.807) is 24.3 Å². The minimum atomic E-state index is -0.190. The summed E-state index contributed by atoms with van der Waals surface area (Å²) in [5, 5.41) is 4.14. The highest BCUT2D eigenvalue weighted by molar-refractivity contribution is 5.91. The Kier molecular flexibility index (Phi) is 5.29. The standard InChI is InChI=1S/C22H25N5O2/c1-3-20(28)26-17-5-6-18(11-17)27(2)22(29)21-24-12-16(13-25-21)14-4-7-19-15(10-14)8-9-23-19/h4,7-10,12-13,17-18,23H,3,5-6,11H2,1-2H3,(H,26,28). The van der Waals surface area contributed by atoms with Gasteiger partial charge in [0.05, 0.1) is 0 Å². The molecule has 1 saturated carbocycles. The molecule has 150 valence electrons. The van der Waals surface area contributed by atoms with Crippen molar-refractivity contribution < 1.29 is 9.59 Å². The van der Waals surface area contributed by atoms with Gasteiger partial charge in [0.1, 0.15) is 0 Å². The van der Waals surface area contributed by atoms with Crippen LogP contribution in [0.5, 0.6) is 0 Å². The van der Waals surface area contributed by atoms with Crippen LogP contribution < -0.4 is 5.32 Å². The van der Waals surface area contributed by atoms with Gasteiger partial charge in [0.25, 0.3) is 5.91 Å². The first kappa shape index (κ1) is 19.1. The number of nitrogens with zero attached hydrogens (tertiary/aromatic N) is 3. The van der Waals surface area contributed by atoms with Gasteiger partial charge in [-0.3, -0.25) is 9.59 Å². The lowest BCUT2D eigenvalue weighted by molar-refractivity contribution is -0.121. The summed E-state index contributed by atoms with van der Waals surface area (Å²) in [5.41, 5.74) is 2.96. The molecular weight excluding hydrogens is 366 g/mol. The van der Waals surface area contributed by atoms with E-state index in [-0.39, 0.29) is 29.7 Å². The average Bonchev–Trinajstić information content (AvgIpc) is 3.41. The summed E-state index contributed by atoms with van der Waals surface area (Å²) in [6.45, 7) is 1.84. The number of hydrogen-bond donors (Lipinski definition) is 2. The van der Waals surface area contributed by atoms with Gasteiger partial charge in [-0.25, -0.2) is 9.97 Å². The molecule has 2 unspecified atom stereocenters. The van der Waals surface area contributed by atoms with Crippen LogP contribution in [0.25, 0.3) is 22.0 Å². The van der Waals surface area contributed by atoms with Crippen LogP contribution >= 0.6 is 0 Å². The van der Waals surface area contributed by atoms with Gasteiger partial charge in [0, 0.05) is 55.2 Å². The molecule has 1 aliphatic rings. The average molecular weight is 391 g/mol. The molecule has 1 aromatic carbocycles. The molecule has 1 fully saturated rings. The number of hydrogen-bond acceptors (Lipinski definition) is 4. The Labute approximate surface area is 169 Å². The molecule has 2 heterocycles. The van der Waals surface area contributed by atoms with E-state index in [0.29, 0.717) is 6.42 Å². The van der Waals surface area contributed by atoms with E-state index < -0.39 is 0 Å². The summed E-state index contributed by atoms with van der Waals surface area (Å²) in [6, 6.07) is 8.34. The molecule has 0 aliphatic heterocycles. The zero-order valence-electron chi connectivity index (χ0n) is 16.7. The van der Waals surface area contributed by atoms with E-state index >= 15 is 0 Å². The van der Waals surface area contributed by atoms with E-state index in [1.165, 1.54) is 0 Å². The van der Waals surface area contributed by atoms with Crippen LogP contribution in [0.4, 0.5) is 0 Å². The van der Waals surface area contributed by atoms with E-state index in [0.717, 1.165) is 41.3 Å². The fraction of sp³-hybridized carbons (Fsp3) is 0.364. The first-order valence-corrected chi connectivity index (χ1v) is 10.0. The highest BCUT2D eigenvalue weighted by atomic mass is 16.2. The van der Waals surface area contributed by atoms with Crippen molar-refractivity contribution in [3.8, 4) is 11.1 Å². The number of carbonyl (C=O) groups is 2. The van der Waals surface area contributed by atoms with Crippen LogP contribution in [0.2, 0.25) is 0 Å². The van der Waals surface area contributed by atoms with Gasteiger partial charge < -0.3 is 15.2 Å². The largest absolute Gasteiger partial charge is 0.361 e. The highest BCUT2D eigenvalue weighted by Gasteiger charge is 2.31. The minimum Gasteiger partial charge on any atom is -0.361 e. The van der Waals surface area contributed by atoms with Crippen molar-refractivity contribution in [1.29, 1.82) is 0 Å². The second-order valence-electron chi connectivity index (χ2n) is 7.58. The molecule has 7 nitrogen and oxygen atoms in total. The second-order valence-corrected chi connectivity index (χ2v) is 7.58. The number of benzene rings is 1. The molecular formula is C22H25N5O2. The zero-order valence-corrected chi connectivity index (χ0v) is 16.7. The van der Waals surface area contributed by atoms with Crippen LogP contribution in [-0.4, -0.2) is 50.8 Å². The molecule has 7 heteroatoms. The number of amides is 2. The third-order valence-electron chi connectivity index (χ3n) is 5.69. The molecule has 0 saturated heterocycles. The Balaban J connectivity index is 1.43. The van der Waals surface area contributed by atoms with Crippen LogP contribution in [0, 0.1) is 0 Å². The number of fused-ring (bicyclic) bond motifs is 1. The molecule has 0 radical (unpaired) electrons. The van der Waals surface area contributed by atoms with Gasteiger partial charge >= 0.3 is 0 Å². The van der Waals surface area contributed by atoms with E-state index in [4.69, 9.17) is 0 Å². The van der Waals surface area contributed by atoms with Gasteiger partial charge in [0.15, 0.2) is 0 Å². The Bertz CT molecular complexity index is 1030. The lowest BCUT2D eigenvalue weighted by Crippen LogP contribution is -2.38. The predicted octanol–water partition coefficient (Wildman–Crippen LogP) is 3.14. The minimum absolute atomic E-state index is 0.0568. The number of H-pyrrole nitrogens is 1.